The molecule has 0 saturated carbocycles. The summed E-state index contributed by atoms with van der Waals surface area (Å²) in [6.45, 7) is -0.485. The lowest BCUT2D eigenvalue weighted by Crippen LogP contribution is -2.34. The van der Waals surface area contributed by atoms with Crippen molar-refractivity contribution in [3.05, 3.63) is 52.4 Å². The lowest BCUT2D eigenvalue weighted by molar-refractivity contribution is -0.124. The maximum atomic E-state index is 11.8. The van der Waals surface area contributed by atoms with Crippen LogP contribution in [0.3, 0.4) is 0 Å². The topological polar surface area (TPSA) is 71.7 Å². The number of carbonyl (C=O) groups excluding carboxylic acids is 1. The molecule has 0 aliphatic heterocycles. The molecule has 0 bridgehead atoms. The number of hydrogen-bond acceptors (Lipinski definition) is 4. The minimum atomic E-state index is -0.607. The molecule has 1 aromatic heterocycles. The number of carbonyl (C=O) groups is 1. The van der Waals surface area contributed by atoms with Gasteiger partial charge in [-0.1, -0.05) is 23.2 Å². The van der Waals surface area contributed by atoms with Gasteiger partial charge >= 0.3 is 0 Å². The van der Waals surface area contributed by atoms with Crippen LogP contribution < -0.4 is 10.1 Å². The predicted molar refractivity (Wildman–Crippen MR) is 78.6 cm³/mol. The Morgan fingerprint density at radius 3 is 2.76 bits per heavy atom. The Hall–Kier alpha value is -1.69. The molecule has 0 saturated heterocycles. The molecule has 0 aliphatic carbocycles. The van der Waals surface area contributed by atoms with Gasteiger partial charge in [0.05, 0.1) is 22.9 Å². The summed E-state index contributed by atoms with van der Waals surface area (Å²) in [5, 5.41) is 12.6. The standard InChI is InChI=1S/C14H13Cl2NO4/c15-10-4-3-9(6-11(10)16)21-8-14(19)17-12(7-18)13-2-1-5-20-13/h1-6,12,18H,7-8H2,(H,17,19). The Morgan fingerprint density at radius 2 is 2.14 bits per heavy atom. The zero-order valence-corrected chi connectivity index (χ0v) is 12.4. The van der Waals surface area contributed by atoms with E-state index in [1.165, 1.54) is 12.3 Å². The first-order valence-corrected chi connectivity index (χ1v) is 6.87. The van der Waals surface area contributed by atoms with Gasteiger partial charge in [0.1, 0.15) is 17.6 Å². The minimum Gasteiger partial charge on any atom is -0.484 e. The number of furan rings is 1. The van der Waals surface area contributed by atoms with Crippen LogP contribution in [-0.4, -0.2) is 24.2 Å². The molecule has 112 valence electrons. The summed E-state index contributed by atoms with van der Waals surface area (Å²) in [5.74, 6) is 0.509. The fourth-order valence-electron chi connectivity index (χ4n) is 1.65. The highest BCUT2D eigenvalue weighted by Crippen LogP contribution is 2.26. The molecule has 0 radical (unpaired) electrons. The number of nitrogens with one attached hydrogen (secondary N) is 1. The summed E-state index contributed by atoms with van der Waals surface area (Å²) in [6.07, 6.45) is 1.47. The summed E-state index contributed by atoms with van der Waals surface area (Å²) in [6, 6.07) is 7.45. The molecular weight excluding hydrogens is 317 g/mol. The van der Waals surface area contributed by atoms with Crippen molar-refractivity contribution in [2.24, 2.45) is 0 Å². The molecule has 1 amide bonds. The second-order valence-electron chi connectivity index (χ2n) is 4.18. The maximum Gasteiger partial charge on any atom is 0.258 e. The SMILES string of the molecule is O=C(COc1ccc(Cl)c(Cl)c1)NC(CO)c1ccco1. The first-order chi connectivity index (χ1) is 10.1. The van der Waals surface area contributed by atoms with Crippen LogP contribution in [0.15, 0.2) is 41.0 Å². The molecule has 1 aromatic carbocycles. The summed E-state index contributed by atoms with van der Waals surface area (Å²) in [7, 11) is 0. The van der Waals surface area contributed by atoms with Crippen LogP contribution in [0.2, 0.25) is 10.0 Å². The van der Waals surface area contributed by atoms with Crippen molar-refractivity contribution in [3.63, 3.8) is 0 Å². The molecule has 5 nitrogen and oxygen atoms in total. The molecule has 1 heterocycles. The van der Waals surface area contributed by atoms with Crippen LogP contribution in [-0.2, 0) is 4.79 Å². The number of benzene rings is 1. The molecule has 21 heavy (non-hydrogen) atoms. The number of amides is 1. The summed E-state index contributed by atoms with van der Waals surface area (Å²) >= 11 is 11.6. The highest BCUT2D eigenvalue weighted by atomic mass is 35.5. The molecule has 0 aliphatic rings. The van der Waals surface area contributed by atoms with Crippen LogP contribution in [0.4, 0.5) is 0 Å². The molecular formula is C14H13Cl2NO4. The van der Waals surface area contributed by atoms with Crippen molar-refractivity contribution in [2.45, 2.75) is 6.04 Å². The van der Waals surface area contributed by atoms with Gasteiger partial charge in [0.25, 0.3) is 5.91 Å². The fraction of sp³-hybridized carbons (Fsp3) is 0.214. The second-order valence-corrected chi connectivity index (χ2v) is 5.00. The Labute approximate surface area is 131 Å². The van der Waals surface area contributed by atoms with Gasteiger partial charge < -0.3 is 19.6 Å². The monoisotopic (exact) mass is 329 g/mol. The maximum absolute atomic E-state index is 11.8. The van der Waals surface area contributed by atoms with Crippen LogP contribution in [0.1, 0.15) is 11.8 Å². The second kappa shape index (κ2) is 7.36. The van der Waals surface area contributed by atoms with Gasteiger partial charge in [-0.3, -0.25) is 4.79 Å². The lowest BCUT2D eigenvalue weighted by atomic mass is 10.2. The largest absolute Gasteiger partial charge is 0.484 e. The Bertz CT molecular complexity index is 601. The van der Waals surface area contributed by atoms with Crippen molar-refractivity contribution in [2.75, 3.05) is 13.2 Å². The van der Waals surface area contributed by atoms with E-state index >= 15 is 0 Å². The molecule has 2 rings (SSSR count). The van der Waals surface area contributed by atoms with E-state index in [0.29, 0.717) is 21.6 Å². The van der Waals surface area contributed by atoms with Crippen molar-refractivity contribution >= 4 is 29.1 Å². The van der Waals surface area contributed by atoms with Gasteiger partial charge in [-0.15, -0.1) is 0 Å². The van der Waals surface area contributed by atoms with Gasteiger partial charge in [0, 0.05) is 6.07 Å². The molecule has 0 spiro atoms. The molecule has 2 N–H and O–H groups in total. The Kier molecular flexibility index (Phi) is 5.50. The van der Waals surface area contributed by atoms with Crippen LogP contribution in [0, 0.1) is 0 Å². The number of hydrogen-bond donors (Lipinski definition) is 2. The van der Waals surface area contributed by atoms with Crippen LogP contribution >= 0.6 is 23.2 Å². The normalized spacial score (nSPS) is 12.0. The van der Waals surface area contributed by atoms with E-state index in [0.717, 1.165) is 0 Å². The zero-order valence-electron chi connectivity index (χ0n) is 10.9. The zero-order chi connectivity index (χ0) is 15.2. The van der Waals surface area contributed by atoms with Gasteiger partial charge in [-0.25, -0.2) is 0 Å². The van der Waals surface area contributed by atoms with E-state index in [-0.39, 0.29) is 13.2 Å². The van der Waals surface area contributed by atoms with Gasteiger partial charge in [-0.05, 0) is 24.3 Å². The number of ether oxygens (including phenoxy) is 1. The molecule has 1 atom stereocenters. The minimum absolute atomic E-state index is 0.213. The number of halogens is 2. The van der Waals surface area contributed by atoms with E-state index in [9.17, 15) is 9.90 Å². The van der Waals surface area contributed by atoms with Crippen molar-refractivity contribution in [1.29, 1.82) is 0 Å². The molecule has 0 fully saturated rings. The third kappa shape index (κ3) is 4.39. The Balaban J connectivity index is 1.88. The summed E-state index contributed by atoms with van der Waals surface area (Å²) in [5.41, 5.74) is 0. The third-order valence-corrected chi connectivity index (χ3v) is 3.40. The van der Waals surface area contributed by atoms with E-state index in [2.05, 4.69) is 5.32 Å². The smallest absolute Gasteiger partial charge is 0.258 e. The lowest BCUT2D eigenvalue weighted by Gasteiger charge is -2.14. The van der Waals surface area contributed by atoms with E-state index in [1.54, 1.807) is 24.3 Å². The van der Waals surface area contributed by atoms with E-state index < -0.39 is 11.9 Å². The van der Waals surface area contributed by atoms with Crippen LogP contribution in [0.5, 0.6) is 5.75 Å². The first-order valence-electron chi connectivity index (χ1n) is 6.11. The molecule has 2 aromatic rings. The van der Waals surface area contributed by atoms with Crippen molar-refractivity contribution < 1.29 is 19.1 Å². The molecule has 7 heteroatoms. The highest BCUT2D eigenvalue weighted by Gasteiger charge is 2.16. The number of aliphatic hydroxyl groups is 1. The average Bonchev–Trinajstić information content (AvgIpc) is 3.00. The third-order valence-electron chi connectivity index (χ3n) is 2.67. The number of rotatable bonds is 6. The number of aliphatic hydroxyl groups excluding tert-OH is 1. The quantitative estimate of drug-likeness (QED) is 0.854. The van der Waals surface area contributed by atoms with E-state index in [1.807, 2.05) is 0 Å². The fourth-order valence-corrected chi connectivity index (χ4v) is 1.94. The highest BCUT2D eigenvalue weighted by molar-refractivity contribution is 6.42. The van der Waals surface area contributed by atoms with Crippen LogP contribution in [0.25, 0.3) is 0 Å². The predicted octanol–water partition coefficient (Wildman–Crippen LogP) is 2.82. The molecule has 1 unspecified atom stereocenters. The van der Waals surface area contributed by atoms with Gasteiger partial charge in [0.2, 0.25) is 0 Å². The Morgan fingerprint density at radius 1 is 1.33 bits per heavy atom. The average molecular weight is 330 g/mol. The van der Waals surface area contributed by atoms with E-state index in [4.69, 9.17) is 32.4 Å². The van der Waals surface area contributed by atoms with Crippen molar-refractivity contribution in [1.82, 2.24) is 5.32 Å². The summed E-state index contributed by atoms with van der Waals surface area (Å²) < 4.78 is 10.4. The van der Waals surface area contributed by atoms with Gasteiger partial charge in [0.15, 0.2) is 6.61 Å². The van der Waals surface area contributed by atoms with Gasteiger partial charge in [-0.2, -0.15) is 0 Å². The first kappa shape index (κ1) is 15.7. The van der Waals surface area contributed by atoms with Crippen molar-refractivity contribution in [3.8, 4) is 5.75 Å². The summed E-state index contributed by atoms with van der Waals surface area (Å²) in [4.78, 5) is 11.8.